The van der Waals surface area contributed by atoms with E-state index in [2.05, 4.69) is 47.3 Å². The van der Waals surface area contributed by atoms with Crippen LogP contribution in [0.5, 0.6) is 0 Å². The summed E-state index contributed by atoms with van der Waals surface area (Å²) in [6.07, 6.45) is 3.79. The molecule has 1 aromatic rings. The van der Waals surface area contributed by atoms with E-state index >= 15 is 0 Å². The van der Waals surface area contributed by atoms with E-state index in [1.807, 2.05) is 0 Å². The molecule has 3 heteroatoms. The maximum atomic E-state index is 5.99. The Hall–Kier alpha value is -1.51. The second-order valence-corrected chi connectivity index (χ2v) is 5.55. The topological polar surface area (TPSA) is 41.6 Å². The summed E-state index contributed by atoms with van der Waals surface area (Å²) >= 11 is 0. The Bertz CT molecular complexity index is 436. The van der Waals surface area contributed by atoms with E-state index in [0.29, 0.717) is 17.9 Å². The van der Waals surface area contributed by atoms with Gasteiger partial charge in [-0.05, 0) is 36.7 Å². The molecule has 0 aromatic heterocycles. The van der Waals surface area contributed by atoms with Crippen LogP contribution in [0.15, 0.2) is 35.3 Å². The number of hydrogen-bond donors (Lipinski definition) is 1. The number of benzene rings is 1. The highest BCUT2D eigenvalue weighted by Gasteiger charge is 2.38. The van der Waals surface area contributed by atoms with Crippen molar-refractivity contribution in [3.63, 3.8) is 0 Å². The van der Waals surface area contributed by atoms with E-state index in [0.717, 1.165) is 12.5 Å². The SMILES string of the molecule is CN(C(N)=NCC1CC1c1ccccc1)C1CC1. The van der Waals surface area contributed by atoms with Gasteiger partial charge in [0.2, 0.25) is 0 Å². The van der Waals surface area contributed by atoms with Crippen LogP contribution in [0.25, 0.3) is 0 Å². The third-order valence-corrected chi connectivity index (χ3v) is 4.09. The fraction of sp³-hybridized carbons (Fsp3) is 0.533. The van der Waals surface area contributed by atoms with Crippen molar-refractivity contribution >= 4 is 5.96 Å². The van der Waals surface area contributed by atoms with Crippen LogP contribution < -0.4 is 5.73 Å². The van der Waals surface area contributed by atoms with E-state index in [1.165, 1.54) is 24.8 Å². The third kappa shape index (κ3) is 2.50. The number of rotatable bonds is 4. The van der Waals surface area contributed by atoms with Crippen molar-refractivity contribution in [1.29, 1.82) is 0 Å². The summed E-state index contributed by atoms with van der Waals surface area (Å²) in [5.41, 5.74) is 7.45. The Labute approximate surface area is 109 Å². The molecule has 96 valence electrons. The van der Waals surface area contributed by atoms with E-state index in [1.54, 1.807) is 0 Å². The van der Waals surface area contributed by atoms with Crippen molar-refractivity contribution in [1.82, 2.24) is 4.90 Å². The normalized spacial score (nSPS) is 27.1. The second kappa shape index (κ2) is 4.63. The van der Waals surface area contributed by atoms with Crippen molar-refractivity contribution in [3.05, 3.63) is 35.9 Å². The monoisotopic (exact) mass is 243 g/mol. The highest BCUT2D eigenvalue weighted by Crippen LogP contribution is 2.47. The fourth-order valence-corrected chi connectivity index (χ4v) is 2.53. The third-order valence-electron chi connectivity index (χ3n) is 4.09. The average molecular weight is 243 g/mol. The van der Waals surface area contributed by atoms with Gasteiger partial charge < -0.3 is 10.6 Å². The summed E-state index contributed by atoms with van der Waals surface area (Å²) in [6, 6.07) is 11.4. The van der Waals surface area contributed by atoms with Gasteiger partial charge in [0.1, 0.15) is 0 Å². The Morgan fingerprint density at radius 1 is 1.33 bits per heavy atom. The largest absolute Gasteiger partial charge is 0.370 e. The average Bonchev–Trinajstić information content (AvgIpc) is 3.29. The lowest BCUT2D eigenvalue weighted by molar-refractivity contribution is 0.486. The zero-order chi connectivity index (χ0) is 12.5. The molecule has 18 heavy (non-hydrogen) atoms. The minimum atomic E-state index is 0.651. The van der Waals surface area contributed by atoms with Gasteiger partial charge in [-0.25, -0.2) is 0 Å². The first-order valence-corrected chi connectivity index (χ1v) is 6.83. The van der Waals surface area contributed by atoms with Crippen LogP contribution in [-0.2, 0) is 0 Å². The summed E-state index contributed by atoms with van der Waals surface area (Å²) in [5, 5.41) is 0. The van der Waals surface area contributed by atoms with Gasteiger partial charge in [0.25, 0.3) is 0 Å². The number of nitrogens with two attached hydrogens (primary N) is 1. The Morgan fingerprint density at radius 2 is 2.06 bits per heavy atom. The molecule has 3 rings (SSSR count). The smallest absolute Gasteiger partial charge is 0.191 e. The molecule has 1 aromatic carbocycles. The molecule has 3 nitrogen and oxygen atoms in total. The van der Waals surface area contributed by atoms with Gasteiger partial charge in [0, 0.05) is 19.6 Å². The molecule has 0 bridgehead atoms. The van der Waals surface area contributed by atoms with Gasteiger partial charge in [-0.15, -0.1) is 0 Å². The number of guanidine groups is 1. The molecule has 0 spiro atoms. The van der Waals surface area contributed by atoms with Crippen molar-refractivity contribution < 1.29 is 0 Å². The first-order valence-electron chi connectivity index (χ1n) is 6.83. The molecule has 2 aliphatic rings. The number of aliphatic imine (C=N–C) groups is 1. The zero-order valence-electron chi connectivity index (χ0n) is 10.9. The molecule has 2 fully saturated rings. The van der Waals surface area contributed by atoms with Crippen LogP contribution >= 0.6 is 0 Å². The molecule has 2 aliphatic carbocycles. The first kappa shape index (κ1) is 11.6. The maximum Gasteiger partial charge on any atom is 0.191 e. The lowest BCUT2D eigenvalue weighted by Crippen LogP contribution is -2.35. The quantitative estimate of drug-likeness (QED) is 0.650. The highest BCUT2D eigenvalue weighted by atomic mass is 15.3. The van der Waals surface area contributed by atoms with E-state index in [4.69, 9.17) is 5.73 Å². The van der Waals surface area contributed by atoms with Gasteiger partial charge in [-0.2, -0.15) is 0 Å². The molecule has 2 atom stereocenters. The Balaban J connectivity index is 1.52. The van der Waals surface area contributed by atoms with Crippen molar-refractivity contribution in [3.8, 4) is 0 Å². The molecule has 0 aliphatic heterocycles. The molecule has 2 unspecified atom stereocenters. The van der Waals surface area contributed by atoms with Crippen LogP contribution in [0.4, 0.5) is 0 Å². The Kier molecular flexibility index (Phi) is 2.98. The predicted octanol–water partition coefficient (Wildman–Crippen LogP) is 2.20. The second-order valence-electron chi connectivity index (χ2n) is 5.55. The molecular formula is C15H21N3. The van der Waals surface area contributed by atoms with Crippen LogP contribution in [-0.4, -0.2) is 30.5 Å². The predicted molar refractivity (Wildman–Crippen MR) is 74.6 cm³/mol. The summed E-state index contributed by atoms with van der Waals surface area (Å²) in [7, 11) is 2.05. The van der Waals surface area contributed by atoms with E-state index in [-0.39, 0.29) is 0 Å². The summed E-state index contributed by atoms with van der Waals surface area (Å²) in [4.78, 5) is 6.67. The van der Waals surface area contributed by atoms with Gasteiger partial charge in [-0.1, -0.05) is 30.3 Å². The lowest BCUT2D eigenvalue weighted by atomic mass is 10.1. The van der Waals surface area contributed by atoms with Crippen molar-refractivity contribution in [2.24, 2.45) is 16.6 Å². The first-order chi connectivity index (χ1) is 8.75. The van der Waals surface area contributed by atoms with Crippen LogP contribution in [0, 0.1) is 5.92 Å². The highest BCUT2D eigenvalue weighted by molar-refractivity contribution is 5.78. The van der Waals surface area contributed by atoms with Gasteiger partial charge >= 0.3 is 0 Å². The molecule has 2 saturated carbocycles. The molecule has 0 saturated heterocycles. The number of hydrogen-bond acceptors (Lipinski definition) is 1. The Morgan fingerprint density at radius 3 is 2.72 bits per heavy atom. The van der Waals surface area contributed by atoms with Gasteiger partial charge in [0.05, 0.1) is 0 Å². The number of nitrogens with zero attached hydrogens (tertiary/aromatic N) is 2. The minimum absolute atomic E-state index is 0.651. The molecule has 0 heterocycles. The van der Waals surface area contributed by atoms with Crippen LogP contribution in [0.2, 0.25) is 0 Å². The van der Waals surface area contributed by atoms with Crippen LogP contribution in [0.3, 0.4) is 0 Å². The van der Waals surface area contributed by atoms with E-state index < -0.39 is 0 Å². The summed E-state index contributed by atoms with van der Waals surface area (Å²) in [5.74, 6) is 2.11. The molecule has 2 N–H and O–H groups in total. The maximum absolute atomic E-state index is 5.99. The molecule has 0 radical (unpaired) electrons. The van der Waals surface area contributed by atoms with Gasteiger partial charge in [0.15, 0.2) is 5.96 Å². The van der Waals surface area contributed by atoms with Crippen molar-refractivity contribution in [2.45, 2.75) is 31.2 Å². The van der Waals surface area contributed by atoms with Crippen molar-refractivity contribution in [2.75, 3.05) is 13.6 Å². The zero-order valence-corrected chi connectivity index (χ0v) is 10.9. The minimum Gasteiger partial charge on any atom is -0.370 e. The molecule has 0 amide bonds. The lowest BCUT2D eigenvalue weighted by Gasteiger charge is -2.16. The fourth-order valence-electron chi connectivity index (χ4n) is 2.53. The van der Waals surface area contributed by atoms with E-state index in [9.17, 15) is 0 Å². The van der Waals surface area contributed by atoms with Crippen LogP contribution in [0.1, 0.15) is 30.7 Å². The summed E-state index contributed by atoms with van der Waals surface area (Å²) in [6.45, 7) is 0.877. The molecular weight excluding hydrogens is 222 g/mol. The standard InChI is InChI=1S/C15H21N3/c1-18(13-7-8-13)15(16)17-10-12-9-14(12)11-5-3-2-4-6-11/h2-6,12-14H,7-10H2,1H3,(H2,16,17). The van der Waals surface area contributed by atoms with Gasteiger partial charge in [-0.3, -0.25) is 4.99 Å². The summed E-state index contributed by atoms with van der Waals surface area (Å²) < 4.78 is 0.